The maximum absolute atomic E-state index is 4.41. The minimum atomic E-state index is 0.566. The van der Waals surface area contributed by atoms with Crippen molar-refractivity contribution in [2.24, 2.45) is 13.0 Å². The molecule has 0 amide bonds. The molecule has 20 heavy (non-hydrogen) atoms. The lowest BCUT2D eigenvalue weighted by atomic mass is 9.84. The van der Waals surface area contributed by atoms with E-state index in [0.717, 1.165) is 24.7 Å². The molecule has 1 fully saturated rings. The Balaban J connectivity index is 1.99. The SMILES string of the molecule is CCCNC(Cc1ncnn1C)C1CCCCCCC1. The van der Waals surface area contributed by atoms with E-state index >= 15 is 0 Å². The van der Waals surface area contributed by atoms with E-state index in [9.17, 15) is 0 Å². The summed E-state index contributed by atoms with van der Waals surface area (Å²) in [6, 6.07) is 0.566. The summed E-state index contributed by atoms with van der Waals surface area (Å²) in [5, 5.41) is 7.98. The molecular weight excluding hydrogens is 248 g/mol. The molecule has 4 heteroatoms. The first-order valence-electron chi connectivity index (χ1n) is 8.37. The average molecular weight is 278 g/mol. The molecule has 2 rings (SSSR count). The van der Waals surface area contributed by atoms with E-state index in [4.69, 9.17) is 0 Å². The average Bonchev–Trinajstić information content (AvgIpc) is 2.80. The van der Waals surface area contributed by atoms with Gasteiger partial charge in [0, 0.05) is 19.5 Å². The second kappa shape index (κ2) is 8.40. The predicted molar refractivity (Wildman–Crippen MR) is 82.6 cm³/mol. The molecule has 0 aromatic carbocycles. The summed E-state index contributed by atoms with van der Waals surface area (Å²) in [6.45, 7) is 3.35. The van der Waals surface area contributed by atoms with Gasteiger partial charge in [-0.1, -0.05) is 39.0 Å². The van der Waals surface area contributed by atoms with Crippen LogP contribution >= 0.6 is 0 Å². The van der Waals surface area contributed by atoms with Crippen molar-refractivity contribution in [2.75, 3.05) is 6.54 Å². The lowest BCUT2D eigenvalue weighted by Crippen LogP contribution is -2.39. The van der Waals surface area contributed by atoms with Crippen molar-refractivity contribution < 1.29 is 0 Å². The van der Waals surface area contributed by atoms with Gasteiger partial charge in [0.2, 0.25) is 0 Å². The molecule has 1 heterocycles. The molecule has 1 atom stereocenters. The van der Waals surface area contributed by atoms with Gasteiger partial charge < -0.3 is 5.32 Å². The molecule has 114 valence electrons. The summed E-state index contributed by atoms with van der Waals surface area (Å²) >= 11 is 0. The lowest BCUT2D eigenvalue weighted by molar-refractivity contribution is 0.279. The van der Waals surface area contributed by atoms with Gasteiger partial charge in [-0.15, -0.1) is 0 Å². The molecular formula is C16H30N4. The number of nitrogens with zero attached hydrogens (tertiary/aromatic N) is 3. The first-order chi connectivity index (χ1) is 9.81. The molecule has 1 aliphatic rings. The molecule has 1 saturated carbocycles. The Morgan fingerprint density at radius 1 is 1.25 bits per heavy atom. The van der Waals surface area contributed by atoms with E-state index in [1.165, 1.54) is 51.4 Å². The highest BCUT2D eigenvalue weighted by Gasteiger charge is 2.23. The second-order valence-electron chi connectivity index (χ2n) is 6.17. The zero-order valence-corrected chi connectivity index (χ0v) is 13.1. The predicted octanol–water partition coefficient (Wildman–Crippen LogP) is 3.09. The zero-order chi connectivity index (χ0) is 14.2. The van der Waals surface area contributed by atoms with Crippen LogP contribution in [0.2, 0.25) is 0 Å². The fraction of sp³-hybridized carbons (Fsp3) is 0.875. The van der Waals surface area contributed by atoms with Gasteiger partial charge >= 0.3 is 0 Å². The molecule has 0 aliphatic heterocycles. The van der Waals surface area contributed by atoms with Crippen molar-refractivity contribution >= 4 is 0 Å². The molecule has 1 N–H and O–H groups in total. The first kappa shape index (κ1) is 15.5. The van der Waals surface area contributed by atoms with Crippen LogP contribution in [-0.2, 0) is 13.5 Å². The van der Waals surface area contributed by atoms with Crippen molar-refractivity contribution in [3.8, 4) is 0 Å². The number of aryl methyl sites for hydroxylation is 1. The molecule has 0 spiro atoms. The van der Waals surface area contributed by atoms with Crippen LogP contribution in [0, 0.1) is 5.92 Å². The lowest BCUT2D eigenvalue weighted by Gasteiger charge is -2.29. The Hall–Kier alpha value is -0.900. The molecule has 0 radical (unpaired) electrons. The topological polar surface area (TPSA) is 42.7 Å². The largest absolute Gasteiger partial charge is 0.313 e. The van der Waals surface area contributed by atoms with Crippen molar-refractivity contribution in [1.29, 1.82) is 0 Å². The highest BCUT2D eigenvalue weighted by molar-refractivity contribution is 4.92. The standard InChI is InChI=1S/C16H30N4/c1-3-11-17-15(12-16-18-13-19-20(16)2)14-9-7-5-4-6-8-10-14/h13-15,17H,3-12H2,1-2H3. The summed E-state index contributed by atoms with van der Waals surface area (Å²) in [6.07, 6.45) is 13.7. The minimum absolute atomic E-state index is 0.566. The maximum atomic E-state index is 4.41. The number of hydrogen-bond acceptors (Lipinski definition) is 3. The van der Waals surface area contributed by atoms with Crippen molar-refractivity contribution in [2.45, 2.75) is 70.8 Å². The highest BCUT2D eigenvalue weighted by Crippen LogP contribution is 2.26. The molecule has 4 nitrogen and oxygen atoms in total. The third-order valence-corrected chi connectivity index (χ3v) is 4.58. The fourth-order valence-electron chi connectivity index (χ4n) is 3.33. The Kier molecular flexibility index (Phi) is 6.51. The second-order valence-corrected chi connectivity index (χ2v) is 6.17. The smallest absolute Gasteiger partial charge is 0.138 e. The quantitative estimate of drug-likeness (QED) is 0.869. The van der Waals surface area contributed by atoms with Crippen LogP contribution in [-0.4, -0.2) is 27.4 Å². The van der Waals surface area contributed by atoms with E-state index in [-0.39, 0.29) is 0 Å². The third-order valence-electron chi connectivity index (χ3n) is 4.58. The number of nitrogens with one attached hydrogen (secondary N) is 1. The minimum Gasteiger partial charge on any atom is -0.313 e. The van der Waals surface area contributed by atoms with E-state index < -0.39 is 0 Å². The fourth-order valence-corrected chi connectivity index (χ4v) is 3.33. The van der Waals surface area contributed by atoms with Crippen LogP contribution in [0.25, 0.3) is 0 Å². The summed E-state index contributed by atoms with van der Waals surface area (Å²) in [5.41, 5.74) is 0. The Labute approximate surface area is 123 Å². The van der Waals surface area contributed by atoms with Crippen LogP contribution in [0.1, 0.15) is 64.1 Å². The number of hydrogen-bond donors (Lipinski definition) is 1. The molecule has 0 bridgehead atoms. The van der Waals surface area contributed by atoms with Crippen LogP contribution in [0.3, 0.4) is 0 Å². The van der Waals surface area contributed by atoms with Gasteiger partial charge in [-0.25, -0.2) is 4.98 Å². The van der Waals surface area contributed by atoms with E-state index in [1.807, 2.05) is 11.7 Å². The van der Waals surface area contributed by atoms with Crippen molar-refractivity contribution in [1.82, 2.24) is 20.1 Å². The third kappa shape index (κ3) is 4.58. The Morgan fingerprint density at radius 3 is 2.55 bits per heavy atom. The normalized spacial score (nSPS) is 19.5. The van der Waals surface area contributed by atoms with Crippen LogP contribution in [0.4, 0.5) is 0 Å². The van der Waals surface area contributed by atoms with Gasteiger partial charge in [-0.3, -0.25) is 4.68 Å². The monoisotopic (exact) mass is 278 g/mol. The molecule has 1 aromatic heterocycles. The number of rotatable bonds is 6. The maximum Gasteiger partial charge on any atom is 0.138 e. The summed E-state index contributed by atoms with van der Waals surface area (Å²) < 4.78 is 1.92. The molecule has 1 unspecified atom stereocenters. The molecule has 1 aliphatic carbocycles. The summed E-state index contributed by atoms with van der Waals surface area (Å²) in [4.78, 5) is 4.41. The van der Waals surface area contributed by atoms with Crippen molar-refractivity contribution in [3.63, 3.8) is 0 Å². The van der Waals surface area contributed by atoms with Gasteiger partial charge in [0.05, 0.1) is 0 Å². The summed E-state index contributed by atoms with van der Waals surface area (Å²) in [5.74, 6) is 1.92. The van der Waals surface area contributed by atoms with E-state index in [2.05, 4.69) is 22.3 Å². The number of aromatic nitrogens is 3. The van der Waals surface area contributed by atoms with Gasteiger partial charge in [0.25, 0.3) is 0 Å². The van der Waals surface area contributed by atoms with Crippen LogP contribution < -0.4 is 5.32 Å². The van der Waals surface area contributed by atoms with E-state index in [1.54, 1.807) is 6.33 Å². The Morgan fingerprint density at radius 2 is 1.95 bits per heavy atom. The highest BCUT2D eigenvalue weighted by atomic mass is 15.3. The molecule has 1 aromatic rings. The van der Waals surface area contributed by atoms with Gasteiger partial charge in [-0.05, 0) is 31.7 Å². The van der Waals surface area contributed by atoms with Gasteiger partial charge in [-0.2, -0.15) is 5.10 Å². The summed E-state index contributed by atoms with van der Waals surface area (Å²) in [7, 11) is 2.00. The zero-order valence-electron chi connectivity index (χ0n) is 13.1. The van der Waals surface area contributed by atoms with Gasteiger partial charge in [0.15, 0.2) is 0 Å². The van der Waals surface area contributed by atoms with Crippen LogP contribution in [0.5, 0.6) is 0 Å². The van der Waals surface area contributed by atoms with E-state index in [0.29, 0.717) is 6.04 Å². The van der Waals surface area contributed by atoms with Crippen molar-refractivity contribution in [3.05, 3.63) is 12.2 Å². The first-order valence-corrected chi connectivity index (χ1v) is 8.37. The molecule has 0 saturated heterocycles. The van der Waals surface area contributed by atoms with Crippen LogP contribution in [0.15, 0.2) is 6.33 Å². The Bertz CT molecular complexity index is 366. The van der Waals surface area contributed by atoms with Gasteiger partial charge in [0.1, 0.15) is 12.2 Å².